The van der Waals surface area contributed by atoms with Gasteiger partial charge in [-0.2, -0.15) is 0 Å². The van der Waals surface area contributed by atoms with Crippen LogP contribution in [0.15, 0.2) is 15.9 Å². The first-order valence-electron chi connectivity index (χ1n) is 5.63. The molecule has 1 fully saturated rings. The van der Waals surface area contributed by atoms with Crippen molar-refractivity contribution in [3.8, 4) is 0 Å². The lowest BCUT2D eigenvalue weighted by Crippen LogP contribution is -2.45. The third-order valence-corrected chi connectivity index (χ3v) is 4.94. The van der Waals surface area contributed by atoms with E-state index in [4.69, 9.17) is 5.73 Å². The standard InChI is InChI=1S/C12H17BrN2OS/c1-12(2,3)15-9(16)6-8(14)10(15)11-7(13)4-5-17-11/h4-5,8,10H,6,14H2,1-3H3. The van der Waals surface area contributed by atoms with Crippen molar-refractivity contribution in [2.75, 3.05) is 0 Å². The molecule has 0 aromatic carbocycles. The Morgan fingerprint density at radius 3 is 2.65 bits per heavy atom. The molecule has 0 bridgehead atoms. The summed E-state index contributed by atoms with van der Waals surface area (Å²) in [6.07, 6.45) is 0.437. The molecule has 17 heavy (non-hydrogen) atoms. The highest BCUT2D eigenvalue weighted by Gasteiger charge is 2.45. The van der Waals surface area contributed by atoms with Crippen molar-refractivity contribution in [3.05, 3.63) is 20.8 Å². The zero-order chi connectivity index (χ0) is 12.8. The van der Waals surface area contributed by atoms with Gasteiger partial charge < -0.3 is 10.6 Å². The number of nitrogens with zero attached hydrogens (tertiary/aromatic N) is 1. The van der Waals surface area contributed by atoms with Gasteiger partial charge in [0.2, 0.25) is 5.91 Å². The first-order chi connectivity index (χ1) is 7.82. The van der Waals surface area contributed by atoms with Crippen LogP contribution in [0.4, 0.5) is 0 Å². The Morgan fingerprint density at radius 1 is 1.53 bits per heavy atom. The number of thiophene rings is 1. The van der Waals surface area contributed by atoms with Gasteiger partial charge in [0.05, 0.1) is 6.04 Å². The summed E-state index contributed by atoms with van der Waals surface area (Å²) in [6.45, 7) is 6.16. The van der Waals surface area contributed by atoms with Crippen LogP contribution >= 0.6 is 27.3 Å². The van der Waals surface area contributed by atoms with E-state index in [1.165, 1.54) is 0 Å². The van der Waals surface area contributed by atoms with Gasteiger partial charge in [-0.25, -0.2) is 0 Å². The van der Waals surface area contributed by atoms with Gasteiger partial charge in [-0.1, -0.05) is 0 Å². The molecule has 3 nitrogen and oxygen atoms in total. The van der Waals surface area contributed by atoms with Crippen molar-refractivity contribution in [2.24, 2.45) is 5.73 Å². The molecule has 0 radical (unpaired) electrons. The maximum atomic E-state index is 12.1. The fraction of sp³-hybridized carbons (Fsp3) is 0.583. The quantitative estimate of drug-likeness (QED) is 0.866. The lowest BCUT2D eigenvalue weighted by molar-refractivity contribution is -0.133. The summed E-state index contributed by atoms with van der Waals surface area (Å²) < 4.78 is 1.05. The molecule has 0 spiro atoms. The fourth-order valence-electron chi connectivity index (χ4n) is 2.38. The second-order valence-corrected chi connectivity index (χ2v) is 7.18. The van der Waals surface area contributed by atoms with Crippen LogP contribution in [-0.4, -0.2) is 22.4 Å². The molecule has 2 unspecified atom stereocenters. The summed E-state index contributed by atoms with van der Waals surface area (Å²) in [6, 6.07) is 1.89. The van der Waals surface area contributed by atoms with E-state index in [1.807, 2.05) is 16.3 Å². The molecule has 0 saturated carbocycles. The van der Waals surface area contributed by atoms with E-state index in [0.29, 0.717) is 6.42 Å². The molecule has 5 heteroatoms. The summed E-state index contributed by atoms with van der Waals surface area (Å²) >= 11 is 5.19. The number of hydrogen-bond acceptors (Lipinski definition) is 3. The van der Waals surface area contributed by atoms with Crippen molar-refractivity contribution in [1.82, 2.24) is 4.90 Å². The van der Waals surface area contributed by atoms with Crippen molar-refractivity contribution < 1.29 is 4.79 Å². The second kappa shape index (κ2) is 4.37. The van der Waals surface area contributed by atoms with Crippen molar-refractivity contribution in [2.45, 2.75) is 44.8 Å². The summed E-state index contributed by atoms with van der Waals surface area (Å²) in [5, 5.41) is 2.02. The number of amides is 1. The highest BCUT2D eigenvalue weighted by molar-refractivity contribution is 9.10. The summed E-state index contributed by atoms with van der Waals surface area (Å²) in [7, 11) is 0. The SMILES string of the molecule is CC(C)(C)N1C(=O)CC(N)C1c1sccc1Br. The van der Waals surface area contributed by atoms with E-state index < -0.39 is 0 Å². The smallest absolute Gasteiger partial charge is 0.225 e. The molecule has 2 rings (SSSR count). The number of hydrogen-bond donors (Lipinski definition) is 1. The zero-order valence-electron chi connectivity index (χ0n) is 10.2. The van der Waals surface area contributed by atoms with Crippen LogP contribution in [0.3, 0.4) is 0 Å². The van der Waals surface area contributed by atoms with Gasteiger partial charge in [0, 0.05) is 27.4 Å². The van der Waals surface area contributed by atoms with Crippen LogP contribution in [0, 0.1) is 0 Å². The lowest BCUT2D eigenvalue weighted by Gasteiger charge is -2.38. The third-order valence-electron chi connectivity index (χ3n) is 3.00. The maximum Gasteiger partial charge on any atom is 0.225 e. The minimum absolute atomic E-state index is 0.00289. The molecule has 2 heterocycles. The molecule has 1 aliphatic heterocycles. The first kappa shape index (κ1) is 13.1. The molecule has 2 N–H and O–H groups in total. The molecule has 1 aliphatic rings. The maximum absolute atomic E-state index is 12.1. The number of carbonyl (C=O) groups excluding carboxylic acids is 1. The monoisotopic (exact) mass is 316 g/mol. The predicted octanol–water partition coefficient (Wildman–Crippen LogP) is 2.91. The van der Waals surface area contributed by atoms with Gasteiger partial charge in [0.1, 0.15) is 0 Å². The Kier molecular flexibility index (Phi) is 3.36. The van der Waals surface area contributed by atoms with Crippen molar-refractivity contribution in [1.29, 1.82) is 0 Å². The van der Waals surface area contributed by atoms with Crippen LogP contribution in [0.5, 0.6) is 0 Å². The molecule has 94 valence electrons. The molecule has 0 aliphatic carbocycles. The Labute approximate surface area is 114 Å². The summed E-state index contributed by atoms with van der Waals surface area (Å²) in [4.78, 5) is 15.2. The van der Waals surface area contributed by atoms with Crippen LogP contribution in [0.25, 0.3) is 0 Å². The summed E-state index contributed by atoms with van der Waals surface area (Å²) in [5.41, 5.74) is 5.94. The Balaban J connectivity index is 2.43. The minimum atomic E-state index is -0.195. The fourth-order valence-corrected chi connectivity index (χ4v) is 4.15. The largest absolute Gasteiger partial charge is 0.328 e. The normalized spacial score (nSPS) is 25.7. The average Bonchev–Trinajstić information content (AvgIpc) is 2.68. The predicted molar refractivity (Wildman–Crippen MR) is 74.0 cm³/mol. The molecule has 1 amide bonds. The van der Waals surface area contributed by atoms with Crippen LogP contribution in [-0.2, 0) is 4.79 Å². The number of rotatable bonds is 1. The molecular formula is C12H17BrN2OS. The topological polar surface area (TPSA) is 46.3 Å². The Hall–Kier alpha value is -0.390. The van der Waals surface area contributed by atoms with Crippen LogP contribution in [0.2, 0.25) is 0 Å². The van der Waals surface area contributed by atoms with E-state index >= 15 is 0 Å². The van der Waals surface area contributed by atoms with Gasteiger partial charge in [-0.3, -0.25) is 4.79 Å². The first-order valence-corrected chi connectivity index (χ1v) is 7.30. The number of carbonyl (C=O) groups is 1. The minimum Gasteiger partial charge on any atom is -0.328 e. The Bertz CT molecular complexity index is 438. The molecule has 1 saturated heterocycles. The zero-order valence-corrected chi connectivity index (χ0v) is 12.6. The number of nitrogens with two attached hydrogens (primary N) is 1. The summed E-state index contributed by atoms with van der Waals surface area (Å²) in [5.74, 6) is 0.148. The van der Waals surface area contributed by atoms with Crippen LogP contribution < -0.4 is 5.73 Å². The molecular weight excluding hydrogens is 300 g/mol. The van der Waals surface area contributed by atoms with Gasteiger partial charge in [0.25, 0.3) is 0 Å². The average molecular weight is 317 g/mol. The highest BCUT2D eigenvalue weighted by Crippen LogP contribution is 2.42. The highest BCUT2D eigenvalue weighted by atomic mass is 79.9. The van der Waals surface area contributed by atoms with Gasteiger partial charge in [0.15, 0.2) is 0 Å². The van der Waals surface area contributed by atoms with Gasteiger partial charge in [-0.15, -0.1) is 11.3 Å². The number of likely N-dealkylation sites (tertiary alicyclic amines) is 1. The van der Waals surface area contributed by atoms with E-state index in [9.17, 15) is 4.79 Å². The van der Waals surface area contributed by atoms with Crippen molar-refractivity contribution >= 4 is 33.2 Å². The third kappa shape index (κ3) is 2.28. The van der Waals surface area contributed by atoms with E-state index in [1.54, 1.807) is 11.3 Å². The lowest BCUT2D eigenvalue weighted by atomic mass is 10.0. The molecule has 2 atom stereocenters. The van der Waals surface area contributed by atoms with E-state index in [-0.39, 0.29) is 23.5 Å². The number of halogens is 1. The van der Waals surface area contributed by atoms with Gasteiger partial charge in [-0.05, 0) is 48.1 Å². The van der Waals surface area contributed by atoms with Crippen LogP contribution in [0.1, 0.15) is 38.1 Å². The molecule has 1 aromatic heterocycles. The van der Waals surface area contributed by atoms with E-state index in [0.717, 1.165) is 9.35 Å². The Morgan fingerprint density at radius 2 is 2.18 bits per heavy atom. The second-order valence-electron chi connectivity index (χ2n) is 5.38. The molecule has 1 aromatic rings. The van der Waals surface area contributed by atoms with Crippen molar-refractivity contribution in [3.63, 3.8) is 0 Å². The van der Waals surface area contributed by atoms with Gasteiger partial charge >= 0.3 is 0 Å². The van der Waals surface area contributed by atoms with E-state index in [2.05, 4.69) is 36.7 Å².